The van der Waals surface area contributed by atoms with Crippen LogP contribution in [0.15, 0.2) is 72.1 Å². The smallest absolute Gasteiger partial charge is 0.227 e. The first kappa shape index (κ1) is 17.4. The van der Waals surface area contributed by atoms with E-state index in [2.05, 4.69) is 0 Å². The van der Waals surface area contributed by atoms with Gasteiger partial charge in [0.1, 0.15) is 0 Å². The zero-order chi connectivity index (χ0) is 17.7. The van der Waals surface area contributed by atoms with Gasteiger partial charge in [0.15, 0.2) is 9.84 Å². The van der Waals surface area contributed by atoms with Crippen molar-refractivity contribution in [3.05, 3.63) is 77.7 Å². The Bertz CT molecular complexity index is 845. The molecule has 0 bridgehead atoms. The second kappa shape index (κ2) is 7.66. The third-order valence-electron chi connectivity index (χ3n) is 4.28. The summed E-state index contributed by atoms with van der Waals surface area (Å²) < 4.78 is 23.1. The lowest BCUT2D eigenvalue weighted by atomic mass is 10.1. The minimum Gasteiger partial charge on any atom is -0.312 e. The summed E-state index contributed by atoms with van der Waals surface area (Å²) in [6.07, 6.45) is 2.59. The Morgan fingerprint density at radius 3 is 2.24 bits per heavy atom. The summed E-state index contributed by atoms with van der Waals surface area (Å²) in [5.74, 6) is -0.255. The maximum atomic E-state index is 12.8. The molecule has 0 N–H and O–H groups in total. The average molecular weight is 355 g/mol. The molecule has 25 heavy (non-hydrogen) atoms. The minimum absolute atomic E-state index is 0.0278. The number of sulfone groups is 1. The number of allylic oxidation sites excluding steroid dienone is 1. The molecule has 0 aromatic heterocycles. The normalized spacial score (nSPS) is 18.2. The quantitative estimate of drug-likeness (QED) is 0.799. The molecule has 2 aromatic carbocycles. The Balaban J connectivity index is 1.72. The number of rotatable bonds is 6. The van der Waals surface area contributed by atoms with Crippen molar-refractivity contribution < 1.29 is 13.2 Å². The summed E-state index contributed by atoms with van der Waals surface area (Å²) in [6.45, 7) is 0.566. The van der Waals surface area contributed by atoms with Gasteiger partial charge in [-0.05, 0) is 24.1 Å². The third-order valence-corrected chi connectivity index (χ3v) is 5.74. The van der Waals surface area contributed by atoms with Crippen LogP contribution < -0.4 is 4.90 Å². The van der Waals surface area contributed by atoms with Crippen molar-refractivity contribution in [2.45, 2.75) is 12.8 Å². The van der Waals surface area contributed by atoms with E-state index in [9.17, 15) is 13.2 Å². The predicted octanol–water partition coefficient (Wildman–Crippen LogP) is 3.21. The first-order valence-electron chi connectivity index (χ1n) is 8.34. The molecular formula is C20H21NO3S. The number of carbonyl (C=O) groups is 1. The van der Waals surface area contributed by atoms with Crippen LogP contribution >= 0.6 is 0 Å². The topological polar surface area (TPSA) is 54.5 Å². The molecule has 2 aromatic rings. The van der Waals surface area contributed by atoms with Crippen molar-refractivity contribution in [1.82, 2.24) is 0 Å². The lowest BCUT2D eigenvalue weighted by Crippen LogP contribution is -2.34. The number of para-hydroxylation sites is 1. The highest BCUT2D eigenvalue weighted by Crippen LogP contribution is 2.22. The predicted molar refractivity (Wildman–Crippen MR) is 100.0 cm³/mol. The van der Waals surface area contributed by atoms with Gasteiger partial charge >= 0.3 is 0 Å². The van der Waals surface area contributed by atoms with Gasteiger partial charge in [0, 0.05) is 30.0 Å². The van der Waals surface area contributed by atoms with E-state index in [1.54, 1.807) is 11.0 Å². The first-order chi connectivity index (χ1) is 12.0. The molecule has 1 heterocycles. The summed E-state index contributed by atoms with van der Waals surface area (Å²) in [7, 11) is -3.14. The molecule has 0 spiro atoms. The standard InChI is InChI=1S/C20H21NO3S/c22-20(15-18-12-14-25(23,24)16-18)21(19-9-5-2-6-10-19)13-11-17-7-3-1-4-8-17/h1-10,12,14,18H,11,13,15-16H2. The lowest BCUT2D eigenvalue weighted by Gasteiger charge is -2.24. The highest BCUT2D eigenvalue weighted by Gasteiger charge is 2.26. The second-order valence-corrected chi connectivity index (χ2v) is 8.17. The summed E-state index contributed by atoms with van der Waals surface area (Å²) in [4.78, 5) is 14.6. The van der Waals surface area contributed by atoms with Crippen LogP contribution in [-0.2, 0) is 21.1 Å². The molecule has 1 amide bonds. The fraction of sp³-hybridized carbons (Fsp3) is 0.250. The summed E-state index contributed by atoms with van der Waals surface area (Å²) >= 11 is 0. The molecule has 0 fully saturated rings. The molecule has 1 aliphatic heterocycles. The van der Waals surface area contributed by atoms with Crippen molar-refractivity contribution in [1.29, 1.82) is 0 Å². The van der Waals surface area contributed by atoms with Gasteiger partial charge in [-0.15, -0.1) is 0 Å². The molecule has 1 unspecified atom stereocenters. The Hall–Kier alpha value is -2.40. The van der Waals surface area contributed by atoms with Crippen LogP contribution in [0.5, 0.6) is 0 Å². The van der Waals surface area contributed by atoms with Crippen LogP contribution in [0, 0.1) is 5.92 Å². The van der Waals surface area contributed by atoms with Gasteiger partial charge in [0.2, 0.25) is 5.91 Å². The van der Waals surface area contributed by atoms with Gasteiger partial charge in [0.25, 0.3) is 0 Å². The van der Waals surface area contributed by atoms with Crippen LogP contribution in [0.2, 0.25) is 0 Å². The van der Waals surface area contributed by atoms with Crippen molar-refractivity contribution in [3.8, 4) is 0 Å². The van der Waals surface area contributed by atoms with Crippen LogP contribution in [-0.4, -0.2) is 26.6 Å². The molecule has 1 atom stereocenters. The molecule has 0 aliphatic carbocycles. The molecule has 0 radical (unpaired) electrons. The molecule has 1 aliphatic rings. The monoisotopic (exact) mass is 355 g/mol. The number of carbonyl (C=O) groups excluding carboxylic acids is 1. The van der Waals surface area contributed by atoms with Gasteiger partial charge in [-0.25, -0.2) is 8.42 Å². The van der Waals surface area contributed by atoms with Gasteiger partial charge in [-0.1, -0.05) is 54.6 Å². The first-order valence-corrected chi connectivity index (χ1v) is 10.1. The van der Waals surface area contributed by atoms with Crippen molar-refractivity contribution in [2.24, 2.45) is 5.92 Å². The van der Waals surface area contributed by atoms with E-state index in [1.807, 2.05) is 60.7 Å². The average Bonchev–Trinajstić information content (AvgIpc) is 2.95. The summed E-state index contributed by atoms with van der Waals surface area (Å²) in [5.41, 5.74) is 2.01. The second-order valence-electron chi connectivity index (χ2n) is 6.24. The number of nitrogens with zero attached hydrogens (tertiary/aromatic N) is 1. The van der Waals surface area contributed by atoms with E-state index >= 15 is 0 Å². The molecule has 130 valence electrons. The van der Waals surface area contributed by atoms with E-state index in [1.165, 1.54) is 11.0 Å². The summed E-state index contributed by atoms with van der Waals surface area (Å²) in [6, 6.07) is 19.5. The zero-order valence-corrected chi connectivity index (χ0v) is 14.7. The largest absolute Gasteiger partial charge is 0.312 e. The minimum atomic E-state index is -3.14. The van der Waals surface area contributed by atoms with E-state index in [0.717, 1.165) is 12.1 Å². The van der Waals surface area contributed by atoms with Crippen LogP contribution in [0.25, 0.3) is 0 Å². The zero-order valence-electron chi connectivity index (χ0n) is 13.9. The Morgan fingerprint density at radius 1 is 1.00 bits per heavy atom. The van der Waals surface area contributed by atoms with Crippen molar-refractivity contribution >= 4 is 21.4 Å². The van der Waals surface area contributed by atoms with Gasteiger partial charge in [0.05, 0.1) is 5.75 Å². The number of anilines is 1. The summed E-state index contributed by atoms with van der Waals surface area (Å²) in [5, 5.41) is 1.22. The number of hydrogen-bond donors (Lipinski definition) is 0. The van der Waals surface area contributed by atoms with Gasteiger partial charge < -0.3 is 4.90 Å². The lowest BCUT2D eigenvalue weighted by molar-refractivity contribution is -0.119. The number of amides is 1. The van der Waals surface area contributed by atoms with E-state index in [0.29, 0.717) is 6.54 Å². The van der Waals surface area contributed by atoms with Crippen LogP contribution in [0.4, 0.5) is 5.69 Å². The molecule has 5 heteroatoms. The highest BCUT2D eigenvalue weighted by molar-refractivity contribution is 7.94. The van der Waals surface area contributed by atoms with E-state index < -0.39 is 9.84 Å². The SMILES string of the molecule is O=C(CC1C=CS(=O)(=O)C1)N(CCc1ccccc1)c1ccccc1. The maximum absolute atomic E-state index is 12.8. The van der Waals surface area contributed by atoms with Crippen molar-refractivity contribution in [2.75, 3.05) is 17.2 Å². The molecule has 0 saturated heterocycles. The maximum Gasteiger partial charge on any atom is 0.227 e. The Kier molecular flexibility index (Phi) is 5.34. The Morgan fingerprint density at radius 2 is 1.64 bits per heavy atom. The number of hydrogen-bond acceptors (Lipinski definition) is 3. The third kappa shape index (κ3) is 4.79. The molecule has 0 saturated carbocycles. The number of benzene rings is 2. The van der Waals surface area contributed by atoms with Gasteiger partial charge in [-0.3, -0.25) is 4.79 Å². The fourth-order valence-electron chi connectivity index (χ4n) is 2.99. The van der Waals surface area contributed by atoms with E-state index in [4.69, 9.17) is 0 Å². The van der Waals surface area contributed by atoms with Crippen LogP contribution in [0.3, 0.4) is 0 Å². The van der Waals surface area contributed by atoms with Crippen LogP contribution in [0.1, 0.15) is 12.0 Å². The molecular weight excluding hydrogens is 334 g/mol. The highest BCUT2D eigenvalue weighted by atomic mass is 32.2. The van der Waals surface area contributed by atoms with Gasteiger partial charge in [-0.2, -0.15) is 0 Å². The molecule has 4 nitrogen and oxygen atoms in total. The fourth-order valence-corrected chi connectivity index (χ4v) is 4.39. The van der Waals surface area contributed by atoms with E-state index in [-0.39, 0.29) is 24.0 Å². The molecule has 3 rings (SSSR count). The van der Waals surface area contributed by atoms with Crippen molar-refractivity contribution in [3.63, 3.8) is 0 Å². The Labute approximate surface area is 148 Å².